The fourth-order valence-corrected chi connectivity index (χ4v) is 5.07. The van der Waals surface area contributed by atoms with Gasteiger partial charge in [0.05, 0.1) is 34.3 Å². The van der Waals surface area contributed by atoms with E-state index in [0.29, 0.717) is 28.4 Å². The number of carbonyl (C=O) groups is 2. The highest BCUT2D eigenvalue weighted by molar-refractivity contribution is 7.14. The van der Waals surface area contributed by atoms with E-state index >= 15 is 0 Å². The van der Waals surface area contributed by atoms with Crippen LogP contribution in [0.25, 0.3) is 0 Å². The first-order valence-corrected chi connectivity index (χ1v) is 11.7. The smallest absolute Gasteiger partial charge is 0.290 e. The lowest BCUT2D eigenvalue weighted by Gasteiger charge is -2.29. The molecule has 1 aliphatic rings. The predicted molar refractivity (Wildman–Crippen MR) is 125 cm³/mol. The van der Waals surface area contributed by atoms with Gasteiger partial charge in [0.2, 0.25) is 5.78 Å². The van der Waals surface area contributed by atoms with Gasteiger partial charge in [0.15, 0.2) is 5.76 Å². The van der Waals surface area contributed by atoms with E-state index in [1.807, 2.05) is 25.1 Å². The maximum Gasteiger partial charge on any atom is 0.290 e. The predicted octanol–water partition coefficient (Wildman–Crippen LogP) is 4.08. The highest BCUT2D eigenvalue weighted by Gasteiger charge is 2.45. The Labute approximate surface area is 193 Å². The quantitative estimate of drug-likeness (QED) is 0.542. The summed E-state index contributed by atoms with van der Waals surface area (Å²) >= 11 is 1.28. The summed E-state index contributed by atoms with van der Waals surface area (Å²) in [7, 11) is 1.56. The number of amides is 1. The van der Waals surface area contributed by atoms with Gasteiger partial charge in [0.1, 0.15) is 5.75 Å². The molecular weight excluding hydrogens is 426 g/mol. The van der Waals surface area contributed by atoms with Crippen molar-refractivity contribution in [3.63, 3.8) is 0 Å². The molecule has 3 rings (SSSR count). The lowest BCUT2D eigenvalue weighted by Crippen LogP contribution is -2.34. The fraction of sp³-hybridized carbons (Fsp3) is 0.458. The second-order valence-electron chi connectivity index (χ2n) is 7.76. The van der Waals surface area contributed by atoms with E-state index in [9.17, 15) is 14.7 Å². The van der Waals surface area contributed by atoms with E-state index in [4.69, 9.17) is 4.74 Å². The van der Waals surface area contributed by atoms with Gasteiger partial charge in [-0.25, -0.2) is 4.98 Å². The number of carbonyl (C=O) groups excluding carboxylic acids is 2. The van der Waals surface area contributed by atoms with Gasteiger partial charge in [0.25, 0.3) is 5.91 Å². The number of hydrogen-bond donors (Lipinski definition) is 1. The molecule has 0 fully saturated rings. The molecule has 1 aromatic heterocycles. The highest BCUT2D eigenvalue weighted by Crippen LogP contribution is 2.43. The number of hydrogen-bond acceptors (Lipinski definition) is 7. The van der Waals surface area contributed by atoms with E-state index in [2.05, 4.69) is 23.7 Å². The Hall–Kier alpha value is -2.71. The average molecular weight is 458 g/mol. The van der Waals surface area contributed by atoms with Gasteiger partial charge >= 0.3 is 0 Å². The van der Waals surface area contributed by atoms with Crippen molar-refractivity contribution in [2.24, 2.45) is 0 Å². The normalized spacial score (nSPS) is 16.4. The summed E-state index contributed by atoms with van der Waals surface area (Å²) < 4.78 is 5.54. The Balaban J connectivity index is 2.03. The molecule has 172 valence electrons. The van der Waals surface area contributed by atoms with Crippen LogP contribution in [0, 0.1) is 13.8 Å². The second kappa shape index (κ2) is 10.3. The molecule has 2 aromatic rings. The number of ether oxygens (including phenoxy) is 1. The zero-order valence-electron chi connectivity index (χ0n) is 19.3. The van der Waals surface area contributed by atoms with Crippen LogP contribution < -0.4 is 4.74 Å². The second-order valence-corrected chi connectivity index (χ2v) is 8.97. The number of aromatic nitrogens is 1. The van der Waals surface area contributed by atoms with E-state index < -0.39 is 17.7 Å². The summed E-state index contributed by atoms with van der Waals surface area (Å²) in [5.41, 5.74) is 1.37. The average Bonchev–Trinajstić information content (AvgIpc) is 3.26. The molecule has 0 saturated heterocycles. The summed E-state index contributed by atoms with van der Waals surface area (Å²) in [5.74, 6) is -0.806. The third kappa shape index (κ3) is 4.56. The number of ketones is 1. The number of rotatable bonds is 10. The molecule has 1 amide bonds. The number of nitrogens with zero attached hydrogens (tertiary/aromatic N) is 3. The van der Waals surface area contributed by atoms with Crippen molar-refractivity contribution >= 4 is 23.0 Å². The van der Waals surface area contributed by atoms with Crippen LogP contribution in [-0.2, 0) is 4.79 Å². The molecule has 2 heterocycles. The summed E-state index contributed by atoms with van der Waals surface area (Å²) in [6, 6.07) is 6.60. The molecule has 32 heavy (non-hydrogen) atoms. The number of aryl methyl sites for hydroxylation is 2. The monoisotopic (exact) mass is 457 g/mol. The third-order valence-electron chi connectivity index (χ3n) is 5.86. The van der Waals surface area contributed by atoms with Crippen LogP contribution >= 0.6 is 11.3 Å². The number of Topliss-reactive ketones (excluding diaryl/α,β-unsaturated/α-hetero) is 1. The lowest BCUT2D eigenvalue weighted by atomic mass is 9.94. The van der Waals surface area contributed by atoms with Gasteiger partial charge in [-0.3, -0.25) is 9.59 Å². The van der Waals surface area contributed by atoms with Gasteiger partial charge < -0.3 is 19.6 Å². The van der Waals surface area contributed by atoms with Gasteiger partial charge in [-0.05, 0) is 46.0 Å². The van der Waals surface area contributed by atoms with Crippen LogP contribution in [0.2, 0.25) is 0 Å². The molecule has 1 atom stereocenters. The molecule has 1 aromatic carbocycles. The molecule has 0 radical (unpaired) electrons. The minimum atomic E-state index is -0.718. The molecule has 8 heteroatoms. The molecule has 0 unspecified atom stereocenters. The van der Waals surface area contributed by atoms with Gasteiger partial charge in [0, 0.05) is 12.1 Å². The summed E-state index contributed by atoms with van der Waals surface area (Å²) in [6.45, 7) is 10.9. The van der Waals surface area contributed by atoms with E-state index in [1.165, 1.54) is 11.3 Å². The summed E-state index contributed by atoms with van der Waals surface area (Å²) in [6.07, 6.45) is 0.729. The minimum absolute atomic E-state index is 0.0917. The first kappa shape index (κ1) is 23.9. The van der Waals surface area contributed by atoms with Crippen molar-refractivity contribution in [1.29, 1.82) is 0 Å². The summed E-state index contributed by atoms with van der Waals surface area (Å²) in [4.78, 5) is 35.4. The van der Waals surface area contributed by atoms with Crippen LogP contribution in [-0.4, -0.2) is 64.9 Å². The number of thiazole rings is 1. The van der Waals surface area contributed by atoms with Gasteiger partial charge in [-0.15, -0.1) is 11.3 Å². The SMILES string of the molecule is CCN(CC)CCCN1C(=O)C(O)=C(C(=O)c2sc(C)nc2C)[C@@H]1c1ccccc1OC. The third-order valence-corrected chi connectivity index (χ3v) is 6.93. The molecule has 0 spiro atoms. The number of aliphatic hydroxyl groups excluding tert-OH is 1. The van der Waals surface area contributed by atoms with Gasteiger partial charge in [-0.2, -0.15) is 0 Å². The van der Waals surface area contributed by atoms with Crippen molar-refractivity contribution in [1.82, 2.24) is 14.8 Å². The maximum atomic E-state index is 13.6. The highest BCUT2D eigenvalue weighted by atomic mass is 32.1. The summed E-state index contributed by atoms with van der Waals surface area (Å²) in [5, 5.41) is 11.6. The van der Waals surface area contributed by atoms with Crippen LogP contribution in [0.4, 0.5) is 0 Å². The molecule has 1 aliphatic heterocycles. The first-order chi connectivity index (χ1) is 15.3. The maximum absolute atomic E-state index is 13.6. The van der Waals surface area contributed by atoms with E-state index in [1.54, 1.807) is 25.0 Å². The zero-order chi connectivity index (χ0) is 23.4. The van der Waals surface area contributed by atoms with Crippen molar-refractivity contribution in [2.45, 2.75) is 40.2 Å². The van der Waals surface area contributed by atoms with Gasteiger partial charge in [-0.1, -0.05) is 32.0 Å². The van der Waals surface area contributed by atoms with E-state index in [-0.39, 0.29) is 11.4 Å². The van der Waals surface area contributed by atoms with Crippen molar-refractivity contribution in [3.8, 4) is 5.75 Å². The van der Waals surface area contributed by atoms with Crippen LogP contribution in [0.1, 0.15) is 52.2 Å². The Morgan fingerprint density at radius 2 is 1.94 bits per heavy atom. The van der Waals surface area contributed by atoms with Crippen molar-refractivity contribution < 1.29 is 19.4 Å². The van der Waals surface area contributed by atoms with Crippen molar-refractivity contribution in [2.75, 3.05) is 33.3 Å². The standard InChI is InChI=1S/C24H31N3O4S/c1-6-26(7-2)13-10-14-27-20(17-11-8-9-12-18(17)31-5)19(22(29)24(27)30)21(28)23-15(3)25-16(4)32-23/h8-9,11-12,20,29H,6-7,10,13-14H2,1-5H3/t20-/m0/s1. The van der Waals surface area contributed by atoms with Crippen LogP contribution in [0.15, 0.2) is 35.6 Å². The minimum Gasteiger partial charge on any atom is -0.503 e. The van der Waals surface area contributed by atoms with Crippen molar-refractivity contribution in [3.05, 3.63) is 56.7 Å². The Morgan fingerprint density at radius 3 is 2.53 bits per heavy atom. The Bertz CT molecular complexity index is 1030. The number of benzene rings is 1. The topological polar surface area (TPSA) is 83.0 Å². The molecule has 0 bridgehead atoms. The molecular formula is C24H31N3O4S. The number of methoxy groups -OCH3 is 1. The Morgan fingerprint density at radius 1 is 1.25 bits per heavy atom. The van der Waals surface area contributed by atoms with Crippen LogP contribution in [0.5, 0.6) is 5.75 Å². The molecule has 1 N–H and O–H groups in total. The van der Waals surface area contributed by atoms with Crippen LogP contribution in [0.3, 0.4) is 0 Å². The number of para-hydroxylation sites is 1. The van der Waals surface area contributed by atoms with E-state index in [0.717, 1.165) is 31.1 Å². The largest absolute Gasteiger partial charge is 0.503 e. The molecule has 7 nitrogen and oxygen atoms in total. The lowest BCUT2D eigenvalue weighted by molar-refractivity contribution is -0.129. The number of aliphatic hydroxyl groups is 1. The zero-order valence-corrected chi connectivity index (χ0v) is 20.2. The first-order valence-electron chi connectivity index (χ1n) is 10.9. The molecule has 0 aliphatic carbocycles. The fourth-order valence-electron chi connectivity index (χ4n) is 4.20. The Kier molecular flexibility index (Phi) is 7.69. The molecule has 0 saturated carbocycles.